The maximum atomic E-state index is 12.3. The third kappa shape index (κ3) is 3.74. The lowest BCUT2D eigenvalue weighted by Crippen LogP contribution is -2.53. The lowest BCUT2D eigenvalue weighted by Gasteiger charge is -2.36. The molecule has 0 aromatic carbocycles. The molecule has 0 aliphatic carbocycles. The van der Waals surface area contributed by atoms with Gasteiger partial charge in [-0.05, 0) is 32.4 Å². The minimum Gasteiger partial charge on any atom is -0.467 e. The fourth-order valence-electron chi connectivity index (χ4n) is 2.39. The van der Waals surface area contributed by atoms with E-state index in [4.69, 9.17) is 9.15 Å². The average Bonchev–Trinajstić information content (AvgIpc) is 2.92. The summed E-state index contributed by atoms with van der Waals surface area (Å²) in [5, 5.41) is 12.4. The Morgan fingerprint density at radius 3 is 3.05 bits per heavy atom. The first-order chi connectivity index (χ1) is 9.58. The molecule has 1 aromatic rings. The Balaban J connectivity index is 1.95. The van der Waals surface area contributed by atoms with Gasteiger partial charge in [0.05, 0.1) is 37.7 Å². The quantitative estimate of drug-likeness (QED) is 0.878. The lowest BCUT2D eigenvalue weighted by molar-refractivity contribution is -0.00484. The van der Waals surface area contributed by atoms with Gasteiger partial charge in [0.1, 0.15) is 5.76 Å². The Morgan fingerprint density at radius 1 is 1.60 bits per heavy atom. The summed E-state index contributed by atoms with van der Waals surface area (Å²) in [4.78, 5) is 14.1. The van der Waals surface area contributed by atoms with E-state index in [0.717, 1.165) is 5.76 Å². The van der Waals surface area contributed by atoms with Crippen molar-refractivity contribution in [2.75, 3.05) is 19.8 Å². The summed E-state index contributed by atoms with van der Waals surface area (Å²) < 4.78 is 10.7. The predicted octanol–water partition coefficient (Wildman–Crippen LogP) is 1.52. The summed E-state index contributed by atoms with van der Waals surface area (Å²) in [7, 11) is 0. The topological polar surface area (TPSA) is 74.9 Å². The van der Waals surface area contributed by atoms with E-state index >= 15 is 0 Å². The highest BCUT2D eigenvalue weighted by atomic mass is 16.5. The first-order valence-electron chi connectivity index (χ1n) is 6.94. The molecular formula is C14H22N2O4. The number of furan rings is 1. The molecule has 0 saturated carbocycles. The molecule has 2 N–H and O–H groups in total. The number of carbonyl (C=O) groups excluding carboxylic acids is 1. The third-order valence-corrected chi connectivity index (χ3v) is 3.41. The molecule has 0 unspecified atom stereocenters. The van der Waals surface area contributed by atoms with Gasteiger partial charge in [-0.25, -0.2) is 4.79 Å². The molecule has 0 spiro atoms. The summed E-state index contributed by atoms with van der Waals surface area (Å²) in [5.74, 6) is 0.721. The van der Waals surface area contributed by atoms with Crippen molar-refractivity contribution in [1.82, 2.24) is 10.2 Å². The second-order valence-corrected chi connectivity index (χ2v) is 5.19. The van der Waals surface area contributed by atoms with Gasteiger partial charge < -0.3 is 24.5 Å². The zero-order chi connectivity index (χ0) is 14.5. The number of hydrogen-bond donors (Lipinski definition) is 2. The largest absolute Gasteiger partial charge is 0.467 e. The van der Waals surface area contributed by atoms with Gasteiger partial charge in [0.2, 0.25) is 0 Å². The number of hydrogen-bond acceptors (Lipinski definition) is 4. The fraction of sp³-hybridized carbons (Fsp3) is 0.643. The van der Waals surface area contributed by atoms with Crippen LogP contribution in [0.25, 0.3) is 0 Å². The Bertz CT molecular complexity index is 419. The van der Waals surface area contributed by atoms with Gasteiger partial charge in [0.15, 0.2) is 0 Å². The Kier molecular flexibility index (Phi) is 5.03. The van der Waals surface area contributed by atoms with Crippen LogP contribution in [-0.2, 0) is 4.74 Å². The van der Waals surface area contributed by atoms with Crippen LogP contribution in [0, 0.1) is 0 Å². The number of ether oxygens (including phenoxy) is 1. The molecule has 0 radical (unpaired) electrons. The number of rotatable bonds is 4. The van der Waals surface area contributed by atoms with E-state index in [1.807, 2.05) is 13.0 Å². The van der Waals surface area contributed by atoms with Crippen molar-refractivity contribution in [2.24, 2.45) is 0 Å². The van der Waals surface area contributed by atoms with Crippen molar-refractivity contribution in [3.05, 3.63) is 24.2 Å². The van der Waals surface area contributed by atoms with Crippen molar-refractivity contribution in [3.8, 4) is 0 Å². The van der Waals surface area contributed by atoms with Crippen molar-refractivity contribution >= 4 is 6.03 Å². The number of nitrogens with zero attached hydrogens (tertiary/aromatic N) is 1. The number of aliphatic hydroxyl groups is 1. The Morgan fingerprint density at radius 2 is 2.40 bits per heavy atom. The van der Waals surface area contributed by atoms with E-state index < -0.39 is 6.10 Å². The van der Waals surface area contributed by atoms with Crippen molar-refractivity contribution < 1.29 is 19.1 Å². The van der Waals surface area contributed by atoms with Gasteiger partial charge in [-0.3, -0.25) is 0 Å². The first-order valence-corrected chi connectivity index (χ1v) is 6.94. The minimum absolute atomic E-state index is 0.0902. The van der Waals surface area contributed by atoms with Gasteiger partial charge in [-0.15, -0.1) is 0 Å². The normalized spacial score (nSPS) is 22.4. The van der Waals surface area contributed by atoms with E-state index in [2.05, 4.69) is 5.32 Å². The summed E-state index contributed by atoms with van der Waals surface area (Å²) in [6.07, 6.45) is 1.64. The molecule has 1 aliphatic heterocycles. The number of aliphatic hydroxyl groups excluding tert-OH is 1. The maximum Gasteiger partial charge on any atom is 0.318 e. The van der Waals surface area contributed by atoms with Crippen LogP contribution in [-0.4, -0.2) is 47.9 Å². The van der Waals surface area contributed by atoms with Crippen LogP contribution in [0.4, 0.5) is 4.79 Å². The van der Waals surface area contributed by atoms with Gasteiger partial charge in [-0.1, -0.05) is 0 Å². The molecule has 0 bridgehead atoms. The summed E-state index contributed by atoms with van der Waals surface area (Å²) in [6, 6.07) is 3.20. The van der Waals surface area contributed by atoms with Crippen molar-refractivity contribution in [1.29, 1.82) is 0 Å². The van der Waals surface area contributed by atoms with Crippen LogP contribution in [0.15, 0.2) is 22.8 Å². The van der Waals surface area contributed by atoms with Crippen LogP contribution in [0.5, 0.6) is 0 Å². The van der Waals surface area contributed by atoms with Crippen LogP contribution in [0.1, 0.15) is 32.1 Å². The van der Waals surface area contributed by atoms with Crippen LogP contribution >= 0.6 is 0 Å². The molecule has 3 atom stereocenters. The van der Waals surface area contributed by atoms with Crippen molar-refractivity contribution in [3.63, 3.8) is 0 Å². The van der Waals surface area contributed by atoms with E-state index in [1.54, 1.807) is 24.2 Å². The molecule has 1 aromatic heterocycles. The number of morpholine rings is 1. The number of nitrogens with one attached hydrogen (secondary N) is 1. The van der Waals surface area contributed by atoms with E-state index in [1.165, 1.54) is 0 Å². The van der Waals surface area contributed by atoms with Gasteiger partial charge in [0, 0.05) is 6.54 Å². The highest BCUT2D eigenvalue weighted by Gasteiger charge is 2.29. The molecule has 20 heavy (non-hydrogen) atoms. The maximum absolute atomic E-state index is 12.3. The Labute approximate surface area is 118 Å². The first kappa shape index (κ1) is 14.9. The highest BCUT2D eigenvalue weighted by Crippen LogP contribution is 2.16. The predicted molar refractivity (Wildman–Crippen MR) is 73.3 cm³/mol. The second kappa shape index (κ2) is 6.76. The number of urea groups is 1. The Hall–Kier alpha value is -1.53. The van der Waals surface area contributed by atoms with Crippen LogP contribution in [0.3, 0.4) is 0 Å². The summed E-state index contributed by atoms with van der Waals surface area (Å²) >= 11 is 0. The molecule has 2 heterocycles. The molecule has 1 fully saturated rings. The van der Waals surface area contributed by atoms with Crippen LogP contribution < -0.4 is 5.32 Å². The zero-order valence-electron chi connectivity index (χ0n) is 11.9. The van der Waals surface area contributed by atoms with Gasteiger partial charge in [0.25, 0.3) is 0 Å². The van der Waals surface area contributed by atoms with E-state index in [9.17, 15) is 9.90 Å². The monoisotopic (exact) mass is 282 g/mol. The van der Waals surface area contributed by atoms with E-state index in [-0.39, 0.29) is 18.1 Å². The second-order valence-electron chi connectivity index (χ2n) is 5.19. The van der Waals surface area contributed by atoms with Crippen LogP contribution in [0.2, 0.25) is 0 Å². The third-order valence-electron chi connectivity index (χ3n) is 3.41. The molecule has 2 amide bonds. The van der Waals surface area contributed by atoms with Gasteiger partial charge >= 0.3 is 6.03 Å². The molecule has 6 nitrogen and oxygen atoms in total. The zero-order valence-corrected chi connectivity index (χ0v) is 11.9. The number of amides is 2. The molecular weight excluding hydrogens is 260 g/mol. The standard InChI is InChI=1S/C14H22N2O4/c1-10(17)8-12-9-19-7-5-16(12)14(18)15-11(2)13-4-3-6-20-13/h3-4,6,10-12,17H,5,7-9H2,1-2H3,(H,15,18)/t10-,11+,12+/m0/s1. The van der Waals surface area contributed by atoms with Gasteiger partial charge in [-0.2, -0.15) is 0 Å². The van der Waals surface area contributed by atoms with E-state index in [0.29, 0.717) is 26.2 Å². The molecule has 112 valence electrons. The summed E-state index contributed by atoms with van der Waals surface area (Å²) in [5.41, 5.74) is 0. The SMILES string of the molecule is C[C@H](O)C[C@@H]1COCCN1C(=O)N[C@H](C)c1ccco1. The molecule has 1 saturated heterocycles. The average molecular weight is 282 g/mol. The lowest BCUT2D eigenvalue weighted by atomic mass is 10.1. The fourth-order valence-corrected chi connectivity index (χ4v) is 2.39. The number of carbonyl (C=O) groups is 1. The smallest absolute Gasteiger partial charge is 0.318 e. The van der Waals surface area contributed by atoms with Crippen molar-refractivity contribution in [2.45, 2.75) is 38.5 Å². The molecule has 2 rings (SSSR count). The molecule has 1 aliphatic rings. The molecule has 6 heteroatoms. The summed E-state index contributed by atoms with van der Waals surface area (Å²) in [6.45, 7) is 5.12. The highest BCUT2D eigenvalue weighted by molar-refractivity contribution is 5.75. The minimum atomic E-state index is -0.459.